The molecule has 198 valence electrons. The Morgan fingerprint density at radius 2 is 1.85 bits per heavy atom. The number of halogens is 4. The summed E-state index contributed by atoms with van der Waals surface area (Å²) < 4.78 is 61.8. The van der Waals surface area contributed by atoms with Gasteiger partial charge in [0.25, 0.3) is 0 Å². The first-order valence-corrected chi connectivity index (χ1v) is 11.8. The molecule has 0 aliphatic carbocycles. The lowest BCUT2D eigenvalue weighted by molar-refractivity contribution is -0.274. The third-order valence-corrected chi connectivity index (χ3v) is 6.05. The summed E-state index contributed by atoms with van der Waals surface area (Å²) in [7, 11) is 1.25. The molecule has 39 heavy (non-hydrogen) atoms. The summed E-state index contributed by atoms with van der Waals surface area (Å²) in [4.78, 5) is 30.6. The van der Waals surface area contributed by atoms with E-state index in [2.05, 4.69) is 24.7 Å². The van der Waals surface area contributed by atoms with Crippen molar-refractivity contribution >= 4 is 17.7 Å². The summed E-state index contributed by atoms with van der Waals surface area (Å²) in [5.74, 6) is -1.84. The van der Waals surface area contributed by atoms with Gasteiger partial charge in [-0.25, -0.2) is 14.4 Å². The Balaban J connectivity index is 1.41. The van der Waals surface area contributed by atoms with E-state index in [1.807, 2.05) is 6.07 Å². The zero-order chi connectivity index (χ0) is 27.6. The van der Waals surface area contributed by atoms with Gasteiger partial charge in [-0.3, -0.25) is 14.8 Å². The summed E-state index contributed by atoms with van der Waals surface area (Å²) in [6.45, 7) is 0. The van der Waals surface area contributed by atoms with Gasteiger partial charge in [-0.05, 0) is 41.5 Å². The van der Waals surface area contributed by atoms with Gasteiger partial charge in [-0.1, -0.05) is 12.1 Å². The third kappa shape index (κ3) is 5.92. The van der Waals surface area contributed by atoms with Crippen molar-refractivity contribution in [3.63, 3.8) is 0 Å². The molecule has 0 N–H and O–H groups in total. The molecule has 0 unspecified atom stereocenters. The van der Waals surface area contributed by atoms with Crippen LogP contribution in [0.25, 0.3) is 11.3 Å². The van der Waals surface area contributed by atoms with Crippen LogP contribution in [0.4, 0.5) is 23.2 Å². The molecule has 0 amide bonds. The number of aromatic nitrogens is 3. The third-order valence-electron chi connectivity index (χ3n) is 6.05. The van der Waals surface area contributed by atoms with E-state index < -0.39 is 23.7 Å². The maximum Gasteiger partial charge on any atom is 0.573 e. The summed E-state index contributed by atoms with van der Waals surface area (Å²) in [5, 5.41) is 0. The fourth-order valence-electron chi connectivity index (χ4n) is 4.30. The predicted octanol–water partition coefficient (Wildman–Crippen LogP) is 5.86. The van der Waals surface area contributed by atoms with E-state index in [0.717, 1.165) is 23.4 Å². The molecule has 11 heteroatoms. The number of carbonyl (C=O) groups excluding carboxylic acids is 1. The predicted molar refractivity (Wildman–Crippen MR) is 134 cm³/mol. The second-order valence-corrected chi connectivity index (χ2v) is 8.68. The van der Waals surface area contributed by atoms with E-state index in [4.69, 9.17) is 4.74 Å². The normalized spacial score (nSPS) is 12.3. The van der Waals surface area contributed by atoms with Crippen molar-refractivity contribution < 1.29 is 31.8 Å². The van der Waals surface area contributed by atoms with Crippen LogP contribution in [0.15, 0.2) is 66.0 Å². The lowest BCUT2D eigenvalue weighted by atomic mass is 9.97. The van der Waals surface area contributed by atoms with Crippen LogP contribution in [-0.2, 0) is 19.3 Å². The molecule has 5 rings (SSSR count). The minimum atomic E-state index is -4.95. The molecular formula is C28H20F4N4O3. The molecule has 0 saturated carbocycles. The molecule has 1 aliphatic heterocycles. The molecule has 0 saturated heterocycles. The van der Waals surface area contributed by atoms with Crippen LogP contribution in [0.1, 0.15) is 32.9 Å². The number of alkyl halides is 3. The van der Waals surface area contributed by atoms with Crippen LogP contribution in [0.3, 0.4) is 0 Å². The van der Waals surface area contributed by atoms with Crippen molar-refractivity contribution in [3.05, 3.63) is 95.0 Å². The van der Waals surface area contributed by atoms with Crippen LogP contribution in [0, 0.1) is 5.82 Å². The van der Waals surface area contributed by atoms with Gasteiger partial charge in [0.1, 0.15) is 35.0 Å². The van der Waals surface area contributed by atoms with Crippen molar-refractivity contribution in [2.24, 2.45) is 4.99 Å². The highest BCUT2D eigenvalue weighted by Crippen LogP contribution is 2.35. The molecule has 0 radical (unpaired) electrons. The highest BCUT2D eigenvalue weighted by molar-refractivity contribution is 5.98. The van der Waals surface area contributed by atoms with Gasteiger partial charge in [-0.15, -0.1) is 13.2 Å². The summed E-state index contributed by atoms with van der Waals surface area (Å²) in [6.07, 6.45) is 0.474. The number of hydrogen-bond acceptors (Lipinski definition) is 7. The fraction of sp³-hybridized carbons (Fsp3) is 0.179. The number of carbonyl (C=O) groups is 1. The lowest BCUT2D eigenvalue weighted by Gasteiger charge is -2.13. The highest BCUT2D eigenvalue weighted by atomic mass is 19.4. The maximum absolute atomic E-state index is 14.7. The number of methoxy groups -OCH3 is 1. The Morgan fingerprint density at radius 1 is 1.03 bits per heavy atom. The number of nitrogens with zero attached hydrogens (tertiary/aromatic N) is 4. The molecule has 4 aromatic rings. The van der Waals surface area contributed by atoms with Crippen molar-refractivity contribution in [2.75, 3.05) is 7.11 Å². The Hall–Kier alpha value is -4.67. The number of fused-ring (bicyclic) bond motifs is 1. The van der Waals surface area contributed by atoms with E-state index in [-0.39, 0.29) is 23.3 Å². The first-order valence-electron chi connectivity index (χ1n) is 11.8. The number of ether oxygens (including phenoxy) is 2. The SMILES string of the molecule is COc1cc(OC(F)(F)F)cc(C(=O)Cc2cc(Cc3ncccc3-c3ncnc4c3N=CC4)ccc2F)c1. The molecule has 0 fully saturated rings. The number of hydrogen-bond donors (Lipinski definition) is 0. The van der Waals surface area contributed by atoms with E-state index in [1.165, 1.54) is 25.6 Å². The number of Topliss-reactive ketones (excluding diaryl/α,β-unsaturated/α-hetero) is 1. The summed E-state index contributed by atoms with van der Waals surface area (Å²) >= 11 is 0. The standard InChI is InChI=1S/C28H20F4N4O3/c1-38-19-11-18(12-20(14-19)39-28(30,31)32)25(37)13-17-9-16(4-5-22(17)29)10-24-21(3-2-7-33-24)26-27-23(6-8-34-27)35-15-36-26/h2-5,7-9,11-12,14-15H,6,10,13H2,1H3. The quantitative estimate of drug-likeness (QED) is 0.207. The molecule has 7 nitrogen and oxygen atoms in total. The van der Waals surface area contributed by atoms with E-state index in [0.29, 0.717) is 35.5 Å². The van der Waals surface area contributed by atoms with Gasteiger partial charge in [0, 0.05) is 48.9 Å². The Bertz CT molecular complexity index is 1590. The Morgan fingerprint density at radius 3 is 2.64 bits per heavy atom. The number of pyridine rings is 1. The van der Waals surface area contributed by atoms with Gasteiger partial charge in [-0.2, -0.15) is 0 Å². The zero-order valence-corrected chi connectivity index (χ0v) is 20.5. The minimum absolute atomic E-state index is 0.00227. The average molecular weight is 536 g/mol. The van der Waals surface area contributed by atoms with Gasteiger partial charge in [0.2, 0.25) is 0 Å². The van der Waals surface area contributed by atoms with Gasteiger partial charge in [0.15, 0.2) is 5.78 Å². The molecule has 3 heterocycles. The van der Waals surface area contributed by atoms with Crippen molar-refractivity contribution in [2.45, 2.75) is 25.6 Å². The molecule has 1 aliphatic rings. The fourth-order valence-corrected chi connectivity index (χ4v) is 4.30. The van der Waals surface area contributed by atoms with Crippen molar-refractivity contribution in [3.8, 4) is 22.8 Å². The summed E-state index contributed by atoms with van der Waals surface area (Å²) in [5.41, 5.74) is 4.23. The maximum atomic E-state index is 14.7. The smallest absolute Gasteiger partial charge is 0.497 e. The molecule has 2 aromatic heterocycles. The van der Waals surface area contributed by atoms with Gasteiger partial charge < -0.3 is 9.47 Å². The number of benzene rings is 2. The Labute approximate surface area is 220 Å². The second-order valence-electron chi connectivity index (χ2n) is 8.68. The number of ketones is 1. The van der Waals surface area contributed by atoms with Crippen LogP contribution >= 0.6 is 0 Å². The van der Waals surface area contributed by atoms with Gasteiger partial charge in [0.05, 0.1) is 18.5 Å². The van der Waals surface area contributed by atoms with Crippen molar-refractivity contribution in [1.29, 1.82) is 0 Å². The first-order chi connectivity index (χ1) is 18.7. The number of rotatable bonds is 8. The van der Waals surface area contributed by atoms with E-state index in [9.17, 15) is 22.4 Å². The second kappa shape index (κ2) is 10.6. The van der Waals surface area contributed by atoms with E-state index in [1.54, 1.807) is 30.6 Å². The first kappa shape index (κ1) is 26.0. The molecular weight excluding hydrogens is 516 g/mol. The lowest BCUT2D eigenvalue weighted by Crippen LogP contribution is -2.17. The average Bonchev–Trinajstić information content (AvgIpc) is 3.39. The zero-order valence-electron chi connectivity index (χ0n) is 20.5. The van der Waals surface area contributed by atoms with Crippen molar-refractivity contribution in [1.82, 2.24) is 15.0 Å². The largest absolute Gasteiger partial charge is 0.573 e. The number of aliphatic imine (C=N–C) groups is 1. The molecule has 0 atom stereocenters. The van der Waals surface area contributed by atoms with Gasteiger partial charge >= 0.3 is 6.36 Å². The van der Waals surface area contributed by atoms with Crippen LogP contribution in [-0.4, -0.2) is 40.4 Å². The van der Waals surface area contributed by atoms with Crippen LogP contribution in [0.2, 0.25) is 0 Å². The monoisotopic (exact) mass is 536 g/mol. The molecule has 2 aromatic carbocycles. The highest BCUT2D eigenvalue weighted by Gasteiger charge is 2.31. The molecule has 0 bridgehead atoms. The summed E-state index contributed by atoms with van der Waals surface area (Å²) in [6, 6.07) is 11.3. The Kier molecular flexibility index (Phi) is 7.05. The van der Waals surface area contributed by atoms with Crippen LogP contribution in [0.5, 0.6) is 11.5 Å². The topological polar surface area (TPSA) is 86.6 Å². The minimum Gasteiger partial charge on any atom is -0.497 e. The molecule has 0 spiro atoms. The van der Waals surface area contributed by atoms with Crippen LogP contribution < -0.4 is 9.47 Å². The van der Waals surface area contributed by atoms with E-state index >= 15 is 0 Å².